The maximum atomic E-state index is 11.8. The lowest BCUT2D eigenvalue weighted by atomic mass is 10.2. The third-order valence-electron chi connectivity index (χ3n) is 1.05. The zero-order valence-electron chi connectivity index (χ0n) is 6.24. The molecule has 0 aromatic heterocycles. The molecule has 11 heavy (non-hydrogen) atoms. The summed E-state index contributed by atoms with van der Waals surface area (Å²) in [4.78, 5) is 3.41. The molecule has 0 aliphatic rings. The van der Waals surface area contributed by atoms with Gasteiger partial charge >= 0.3 is 6.18 Å². The monoisotopic (exact) mass is 166 g/mol. The molecule has 0 radical (unpaired) electrons. The van der Waals surface area contributed by atoms with Gasteiger partial charge in [0, 0.05) is 13.3 Å². The van der Waals surface area contributed by atoms with Gasteiger partial charge in [-0.15, -0.1) is 0 Å². The Morgan fingerprint density at radius 1 is 1.45 bits per heavy atom. The van der Waals surface area contributed by atoms with Crippen LogP contribution in [0.4, 0.5) is 13.2 Å². The molecule has 0 fully saturated rings. The first kappa shape index (κ1) is 10.0. The average Bonchev–Trinajstić information content (AvgIpc) is 1.85. The maximum absolute atomic E-state index is 11.8. The predicted octanol–water partition coefficient (Wildman–Crippen LogP) is 1.48. The number of nitrogens with two attached hydrogens (primary N) is 1. The topological polar surface area (TPSA) is 38.4 Å². The molecule has 0 atom stereocenters. The molecule has 0 saturated carbocycles. The van der Waals surface area contributed by atoms with Gasteiger partial charge in [-0.25, -0.2) is 0 Å². The fourth-order valence-corrected chi connectivity index (χ4v) is 0.487. The highest BCUT2D eigenvalue weighted by Crippen LogP contribution is 2.23. The van der Waals surface area contributed by atoms with Crippen molar-refractivity contribution >= 4 is 6.21 Å². The molecule has 5 heteroatoms. The minimum absolute atomic E-state index is 0.0694. The quantitative estimate of drug-likeness (QED) is 0.589. The minimum Gasteiger partial charge on any atom is -0.394 e. The average molecular weight is 166 g/mol. The lowest BCUT2D eigenvalue weighted by molar-refractivity contribution is -0.0931. The third-order valence-corrected chi connectivity index (χ3v) is 1.05. The zero-order chi connectivity index (χ0) is 9.07. The van der Waals surface area contributed by atoms with Crippen molar-refractivity contribution < 1.29 is 13.2 Å². The van der Waals surface area contributed by atoms with Crippen LogP contribution in [0.3, 0.4) is 0 Å². The van der Waals surface area contributed by atoms with Gasteiger partial charge in [0.2, 0.25) is 0 Å². The molecule has 0 amide bonds. The molecule has 0 aromatic carbocycles. The molecule has 2 nitrogen and oxygen atoms in total. The van der Waals surface area contributed by atoms with Crippen LogP contribution in [-0.2, 0) is 0 Å². The second-order valence-corrected chi connectivity index (χ2v) is 1.98. The summed E-state index contributed by atoms with van der Waals surface area (Å²) in [6.45, 7) is 1.26. The highest BCUT2D eigenvalue weighted by molar-refractivity contribution is 5.78. The molecule has 0 aliphatic heterocycles. The molecule has 0 unspecified atom stereocenters. The van der Waals surface area contributed by atoms with Crippen molar-refractivity contribution in [2.75, 3.05) is 7.05 Å². The zero-order valence-corrected chi connectivity index (χ0v) is 6.24. The molecular formula is C6H9F3N2. The van der Waals surface area contributed by atoms with E-state index in [9.17, 15) is 13.2 Å². The van der Waals surface area contributed by atoms with Crippen LogP contribution < -0.4 is 5.73 Å². The van der Waals surface area contributed by atoms with Gasteiger partial charge in [0.15, 0.2) is 0 Å². The van der Waals surface area contributed by atoms with Gasteiger partial charge in [0.1, 0.15) is 5.70 Å². The number of allylic oxidation sites excluding steroid dienone is 2. The molecule has 2 N–H and O–H groups in total. The van der Waals surface area contributed by atoms with Crippen molar-refractivity contribution in [2.45, 2.75) is 13.1 Å². The Balaban J connectivity index is 4.67. The molecule has 0 saturated heterocycles. The van der Waals surface area contributed by atoms with Crippen LogP contribution in [0.5, 0.6) is 0 Å². The SMILES string of the molecule is CN=CC(C)=C(N)C(F)(F)F. The van der Waals surface area contributed by atoms with Gasteiger partial charge in [0.25, 0.3) is 0 Å². The van der Waals surface area contributed by atoms with Crippen LogP contribution in [0.15, 0.2) is 16.3 Å². The fraction of sp³-hybridized carbons (Fsp3) is 0.500. The van der Waals surface area contributed by atoms with E-state index in [0.29, 0.717) is 0 Å². The first-order valence-corrected chi connectivity index (χ1v) is 2.85. The van der Waals surface area contributed by atoms with E-state index in [1.807, 2.05) is 0 Å². The largest absolute Gasteiger partial charge is 0.431 e. The third kappa shape index (κ3) is 3.06. The molecule has 0 heterocycles. The summed E-state index contributed by atoms with van der Waals surface area (Å²) in [5, 5.41) is 0. The number of alkyl halides is 3. The van der Waals surface area contributed by atoms with Gasteiger partial charge in [-0.05, 0) is 12.5 Å². The van der Waals surface area contributed by atoms with Gasteiger partial charge in [-0.3, -0.25) is 4.99 Å². The van der Waals surface area contributed by atoms with E-state index < -0.39 is 11.9 Å². The van der Waals surface area contributed by atoms with Crippen molar-refractivity contribution in [3.63, 3.8) is 0 Å². The van der Waals surface area contributed by atoms with E-state index in [-0.39, 0.29) is 5.57 Å². The second kappa shape index (κ2) is 3.41. The van der Waals surface area contributed by atoms with E-state index in [2.05, 4.69) is 4.99 Å². The number of nitrogens with zero attached hydrogens (tertiary/aromatic N) is 1. The van der Waals surface area contributed by atoms with Crippen LogP contribution in [0.25, 0.3) is 0 Å². The molecule has 0 aliphatic carbocycles. The Labute approximate surface area is 62.6 Å². The summed E-state index contributed by atoms with van der Waals surface area (Å²) in [5.74, 6) is 0. The smallest absolute Gasteiger partial charge is 0.394 e. The molecule has 64 valence electrons. The lowest BCUT2D eigenvalue weighted by Gasteiger charge is -2.07. The molecule has 0 aromatic rings. The Hall–Kier alpha value is -1.00. The standard InChI is InChI=1S/C6H9F3N2/c1-4(3-11-2)5(10)6(7,8)9/h3H,10H2,1-2H3. The van der Waals surface area contributed by atoms with Crippen molar-refractivity contribution in [3.8, 4) is 0 Å². The lowest BCUT2D eigenvalue weighted by Crippen LogP contribution is -2.21. The highest BCUT2D eigenvalue weighted by atomic mass is 19.4. The Kier molecular flexibility index (Phi) is 3.10. The highest BCUT2D eigenvalue weighted by Gasteiger charge is 2.32. The summed E-state index contributed by atoms with van der Waals surface area (Å²) in [7, 11) is 1.38. The Morgan fingerprint density at radius 2 is 1.91 bits per heavy atom. The van der Waals surface area contributed by atoms with E-state index >= 15 is 0 Å². The van der Waals surface area contributed by atoms with Crippen LogP contribution in [-0.4, -0.2) is 19.4 Å². The Bertz CT molecular complexity index is 190. The number of rotatable bonds is 1. The number of halogens is 3. The van der Waals surface area contributed by atoms with E-state index in [1.54, 1.807) is 0 Å². The van der Waals surface area contributed by atoms with Crippen molar-refractivity contribution in [2.24, 2.45) is 10.7 Å². The minimum atomic E-state index is -4.45. The van der Waals surface area contributed by atoms with E-state index in [0.717, 1.165) is 6.21 Å². The fourth-order valence-electron chi connectivity index (χ4n) is 0.487. The van der Waals surface area contributed by atoms with Gasteiger partial charge in [-0.1, -0.05) is 0 Å². The normalized spacial score (nSPS) is 15.4. The first-order valence-electron chi connectivity index (χ1n) is 2.85. The Morgan fingerprint density at radius 3 is 2.18 bits per heavy atom. The van der Waals surface area contributed by atoms with Crippen molar-refractivity contribution in [1.82, 2.24) is 0 Å². The van der Waals surface area contributed by atoms with E-state index in [1.165, 1.54) is 14.0 Å². The van der Waals surface area contributed by atoms with Crippen LogP contribution in [0.1, 0.15) is 6.92 Å². The summed E-state index contributed by atoms with van der Waals surface area (Å²) < 4.78 is 35.3. The van der Waals surface area contributed by atoms with E-state index in [4.69, 9.17) is 5.73 Å². The number of hydrogen-bond donors (Lipinski definition) is 1. The summed E-state index contributed by atoms with van der Waals surface area (Å²) in [6, 6.07) is 0. The molecule has 0 bridgehead atoms. The summed E-state index contributed by atoms with van der Waals surface area (Å²) in [5.41, 5.74) is 3.58. The van der Waals surface area contributed by atoms with Gasteiger partial charge < -0.3 is 5.73 Å². The number of aliphatic imine (C=N–C) groups is 1. The van der Waals surface area contributed by atoms with Crippen molar-refractivity contribution in [3.05, 3.63) is 11.3 Å². The summed E-state index contributed by atoms with van der Waals surface area (Å²) in [6.07, 6.45) is -3.38. The first-order chi connectivity index (χ1) is 4.89. The summed E-state index contributed by atoms with van der Waals surface area (Å²) >= 11 is 0. The molecular weight excluding hydrogens is 157 g/mol. The maximum Gasteiger partial charge on any atom is 0.431 e. The predicted molar refractivity (Wildman–Crippen MR) is 37.4 cm³/mol. The van der Waals surface area contributed by atoms with Crippen LogP contribution in [0.2, 0.25) is 0 Å². The van der Waals surface area contributed by atoms with Crippen LogP contribution in [0, 0.1) is 0 Å². The molecule has 0 spiro atoms. The van der Waals surface area contributed by atoms with Crippen LogP contribution >= 0.6 is 0 Å². The number of hydrogen-bond acceptors (Lipinski definition) is 2. The van der Waals surface area contributed by atoms with Gasteiger partial charge in [-0.2, -0.15) is 13.2 Å². The van der Waals surface area contributed by atoms with Gasteiger partial charge in [0.05, 0.1) is 0 Å². The van der Waals surface area contributed by atoms with Crippen molar-refractivity contribution in [1.29, 1.82) is 0 Å². The second-order valence-electron chi connectivity index (χ2n) is 1.98. The molecule has 0 rings (SSSR count).